The van der Waals surface area contributed by atoms with E-state index in [1.165, 1.54) is 9.75 Å². The molecule has 0 aliphatic rings. The first-order chi connectivity index (χ1) is 11.6. The van der Waals surface area contributed by atoms with Crippen molar-refractivity contribution in [2.45, 2.75) is 12.6 Å². The Bertz CT molecular complexity index is 760. The number of nitrogens with one attached hydrogen (secondary N) is 1. The Morgan fingerprint density at radius 3 is 2.62 bits per heavy atom. The maximum atomic E-state index is 12.6. The number of likely N-dealkylation sites (N-methyl/N-ethyl adjacent to an activating group) is 1. The Kier molecular flexibility index (Phi) is 5.50. The van der Waals surface area contributed by atoms with Crippen LogP contribution in [0.15, 0.2) is 53.4 Å². The molecular formula is C18H21N3OS2. The summed E-state index contributed by atoms with van der Waals surface area (Å²) in [4.78, 5) is 17.2. The molecule has 1 atom stereocenters. The molecule has 0 aromatic carbocycles. The minimum atomic E-state index is -0.0278. The highest BCUT2D eigenvalue weighted by Gasteiger charge is 2.18. The number of carbonyl (C=O) groups is 1. The molecule has 6 heteroatoms. The number of carbonyl (C=O) groups excluding carboxylic acids is 1. The van der Waals surface area contributed by atoms with Gasteiger partial charge >= 0.3 is 0 Å². The van der Waals surface area contributed by atoms with Gasteiger partial charge in [-0.2, -0.15) is 0 Å². The van der Waals surface area contributed by atoms with E-state index in [-0.39, 0.29) is 11.9 Å². The van der Waals surface area contributed by atoms with E-state index in [9.17, 15) is 4.79 Å². The van der Waals surface area contributed by atoms with Crippen molar-refractivity contribution in [2.75, 3.05) is 20.6 Å². The third-order valence-corrected chi connectivity index (χ3v) is 5.75. The van der Waals surface area contributed by atoms with Crippen molar-refractivity contribution < 1.29 is 4.79 Å². The number of thiophene rings is 2. The fraction of sp³-hybridized carbons (Fsp3) is 0.278. The molecule has 24 heavy (non-hydrogen) atoms. The van der Waals surface area contributed by atoms with Gasteiger partial charge in [0.2, 0.25) is 0 Å². The molecule has 0 aliphatic heterocycles. The number of hydrogen-bond donors (Lipinski definition) is 1. The van der Waals surface area contributed by atoms with Crippen molar-refractivity contribution in [2.24, 2.45) is 0 Å². The van der Waals surface area contributed by atoms with E-state index in [2.05, 4.69) is 33.1 Å². The maximum Gasteiger partial charge on any atom is 0.267 e. The molecule has 0 saturated carbocycles. The molecule has 3 heterocycles. The molecule has 0 saturated heterocycles. The van der Waals surface area contributed by atoms with E-state index in [0.717, 1.165) is 6.54 Å². The van der Waals surface area contributed by atoms with Crippen molar-refractivity contribution in [3.8, 4) is 0 Å². The monoisotopic (exact) mass is 359 g/mol. The first-order valence-electron chi connectivity index (χ1n) is 7.80. The quantitative estimate of drug-likeness (QED) is 0.698. The van der Waals surface area contributed by atoms with Crippen LogP contribution in [0, 0.1) is 0 Å². The second-order valence-corrected chi connectivity index (χ2v) is 7.82. The third kappa shape index (κ3) is 3.95. The average molecular weight is 360 g/mol. The van der Waals surface area contributed by atoms with Crippen LogP contribution in [-0.2, 0) is 6.54 Å². The zero-order chi connectivity index (χ0) is 16.9. The molecule has 3 rings (SSSR count). The number of amides is 1. The van der Waals surface area contributed by atoms with Gasteiger partial charge in [-0.25, -0.2) is 0 Å². The standard InChI is InChI=1S/C18H21N3OS2/c1-20(2)16(17-8-5-11-24-17)12-19-18(22)15-7-3-9-21(15)13-14-6-4-10-23-14/h3-11,16H,12-13H2,1-2H3,(H,19,22)/t16-/m0/s1. The van der Waals surface area contributed by atoms with Crippen molar-refractivity contribution in [1.29, 1.82) is 0 Å². The lowest BCUT2D eigenvalue weighted by Gasteiger charge is -2.23. The minimum Gasteiger partial charge on any atom is -0.349 e. The van der Waals surface area contributed by atoms with Gasteiger partial charge in [0.05, 0.1) is 12.6 Å². The number of hydrogen-bond acceptors (Lipinski definition) is 4. The van der Waals surface area contributed by atoms with Crippen LogP contribution in [-0.4, -0.2) is 36.0 Å². The van der Waals surface area contributed by atoms with E-state index < -0.39 is 0 Å². The predicted octanol–water partition coefficient (Wildman–Crippen LogP) is 3.69. The summed E-state index contributed by atoms with van der Waals surface area (Å²) in [5.41, 5.74) is 0.701. The predicted molar refractivity (Wildman–Crippen MR) is 101 cm³/mol. The molecule has 0 spiro atoms. The molecule has 0 aliphatic carbocycles. The normalized spacial score (nSPS) is 12.5. The summed E-state index contributed by atoms with van der Waals surface area (Å²) in [7, 11) is 4.08. The van der Waals surface area contributed by atoms with Crippen molar-refractivity contribution in [3.63, 3.8) is 0 Å². The highest BCUT2D eigenvalue weighted by atomic mass is 32.1. The second kappa shape index (κ2) is 7.79. The smallest absolute Gasteiger partial charge is 0.267 e. The van der Waals surface area contributed by atoms with Crippen molar-refractivity contribution >= 4 is 28.6 Å². The van der Waals surface area contributed by atoms with E-state index in [0.29, 0.717) is 12.2 Å². The summed E-state index contributed by atoms with van der Waals surface area (Å²) >= 11 is 3.42. The van der Waals surface area contributed by atoms with Crippen LogP contribution >= 0.6 is 22.7 Å². The van der Waals surface area contributed by atoms with Crippen LogP contribution in [0.25, 0.3) is 0 Å². The number of aromatic nitrogens is 1. The minimum absolute atomic E-state index is 0.0278. The maximum absolute atomic E-state index is 12.6. The second-order valence-electron chi connectivity index (χ2n) is 5.81. The van der Waals surface area contributed by atoms with E-state index in [4.69, 9.17) is 0 Å². The largest absolute Gasteiger partial charge is 0.349 e. The van der Waals surface area contributed by atoms with Gasteiger partial charge < -0.3 is 14.8 Å². The molecule has 3 aromatic rings. The topological polar surface area (TPSA) is 37.3 Å². The van der Waals surface area contributed by atoms with Gasteiger partial charge in [-0.15, -0.1) is 22.7 Å². The molecule has 0 bridgehead atoms. The summed E-state index contributed by atoms with van der Waals surface area (Å²) in [6, 6.07) is 12.3. The lowest BCUT2D eigenvalue weighted by Crippen LogP contribution is -2.35. The first kappa shape index (κ1) is 17.0. The zero-order valence-corrected chi connectivity index (χ0v) is 15.4. The molecular weight excluding hydrogens is 338 g/mol. The van der Waals surface area contributed by atoms with Gasteiger partial charge in [-0.1, -0.05) is 12.1 Å². The van der Waals surface area contributed by atoms with Gasteiger partial charge in [-0.05, 0) is 49.1 Å². The van der Waals surface area contributed by atoms with Crippen LogP contribution in [0.4, 0.5) is 0 Å². The fourth-order valence-electron chi connectivity index (χ4n) is 2.63. The molecule has 1 amide bonds. The number of nitrogens with zero attached hydrogens (tertiary/aromatic N) is 2. The summed E-state index contributed by atoms with van der Waals surface area (Å²) in [6.45, 7) is 1.33. The van der Waals surface area contributed by atoms with Crippen LogP contribution in [0.5, 0.6) is 0 Å². The van der Waals surface area contributed by atoms with Gasteiger partial charge in [0.15, 0.2) is 0 Å². The highest BCUT2D eigenvalue weighted by Crippen LogP contribution is 2.22. The summed E-state index contributed by atoms with van der Waals surface area (Å²) < 4.78 is 2.00. The van der Waals surface area contributed by atoms with E-state index in [1.54, 1.807) is 22.7 Å². The molecule has 4 nitrogen and oxygen atoms in total. The van der Waals surface area contributed by atoms with Crippen LogP contribution < -0.4 is 5.32 Å². The van der Waals surface area contributed by atoms with E-state index in [1.807, 2.05) is 49.1 Å². The first-order valence-corrected chi connectivity index (χ1v) is 9.56. The Labute approximate surface area is 150 Å². The molecule has 0 fully saturated rings. The van der Waals surface area contributed by atoms with Gasteiger partial charge in [0.1, 0.15) is 5.69 Å². The third-order valence-electron chi connectivity index (χ3n) is 3.92. The van der Waals surface area contributed by atoms with Crippen LogP contribution in [0.3, 0.4) is 0 Å². The van der Waals surface area contributed by atoms with E-state index >= 15 is 0 Å². The highest BCUT2D eigenvalue weighted by molar-refractivity contribution is 7.10. The Hall–Kier alpha value is -1.89. The SMILES string of the molecule is CN(C)[C@@H](CNC(=O)c1cccn1Cc1cccs1)c1cccs1. The molecule has 0 radical (unpaired) electrons. The fourth-order valence-corrected chi connectivity index (χ4v) is 4.25. The van der Waals surface area contributed by atoms with Crippen molar-refractivity contribution in [1.82, 2.24) is 14.8 Å². The Morgan fingerprint density at radius 1 is 1.17 bits per heavy atom. The lowest BCUT2D eigenvalue weighted by atomic mass is 10.2. The lowest BCUT2D eigenvalue weighted by molar-refractivity contribution is 0.0933. The number of rotatable bonds is 7. The Balaban J connectivity index is 1.66. The van der Waals surface area contributed by atoms with Gasteiger partial charge in [0, 0.05) is 22.5 Å². The molecule has 0 unspecified atom stereocenters. The Morgan fingerprint density at radius 2 is 1.96 bits per heavy atom. The zero-order valence-electron chi connectivity index (χ0n) is 13.8. The summed E-state index contributed by atoms with van der Waals surface area (Å²) in [6.07, 6.45) is 1.96. The van der Waals surface area contributed by atoms with Crippen molar-refractivity contribution in [3.05, 3.63) is 68.8 Å². The molecule has 1 N–H and O–H groups in total. The summed E-state index contributed by atoms with van der Waals surface area (Å²) in [5.74, 6) is -0.0278. The summed E-state index contributed by atoms with van der Waals surface area (Å²) in [5, 5.41) is 7.21. The average Bonchev–Trinajstić information content (AvgIpc) is 3.30. The molecule has 126 valence electrons. The van der Waals surface area contributed by atoms with Crippen LogP contribution in [0.1, 0.15) is 26.3 Å². The van der Waals surface area contributed by atoms with Gasteiger partial charge in [-0.3, -0.25) is 4.79 Å². The van der Waals surface area contributed by atoms with Gasteiger partial charge in [0.25, 0.3) is 5.91 Å². The molecule has 3 aromatic heterocycles. The van der Waals surface area contributed by atoms with Crippen LogP contribution in [0.2, 0.25) is 0 Å².